The van der Waals surface area contributed by atoms with Gasteiger partial charge in [0.1, 0.15) is 17.4 Å². The summed E-state index contributed by atoms with van der Waals surface area (Å²) >= 11 is 0. The van der Waals surface area contributed by atoms with Crippen LogP contribution < -0.4 is 15.8 Å². The number of carbonyl (C=O) groups is 1. The smallest absolute Gasteiger partial charge is 0.416 e. The van der Waals surface area contributed by atoms with Crippen LogP contribution in [0.2, 0.25) is 0 Å². The van der Waals surface area contributed by atoms with E-state index < -0.39 is 23.9 Å². The molecule has 2 aromatic carbocycles. The van der Waals surface area contributed by atoms with Gasteiger partial charge < -0.3 is 20.7 Å². The Morgan fingerprint density at radius 3 is 2.64 bits per heavy atom. The maximum atomic E-state index is 13.3. The van der Waals surface area contributed by atoms with Crippen molar-refractivity contribution in [2.45, 2.75) is 57.9 Å². The summed E-state index contributed by atoms with van der Waals surface area (Å²) in [6, 6.07) is 6.77. The van der Waals surface area contributed by atoms with Crippen LogP contribution in [0.15, 0.2) is 30.3 Å². The van der Waals surface area contributed by atoms with E-state index in [1.165, 1.54) is 6.07 Å². The lowest BCUT2D eigenvalue weighted by Gasteiger charge is -2.29. The highest BCUT2D eigenvalue weighted by atomic mass is 19.4. The Labute approximate surface area is 206 Å². The minimum Gasteiger partial charge on any atom is -0.480 e. The number of ether oxygens (including phenoxy) is 1. The second-order valence-electron chi connectivity index (χ2n) is 9.53. The summed E-state index contributed by atoms with van der Waals surface area (Å²) in [5, 5.41) is 3.90. The summed E-state index contributed by atoms with van der Waals surface area (Å²) in [4.78, 5) is 23.8. The fourth-order valence-corrected chi connectivity index (χ4v) is 4.92. The van der Waals surface area contributed by atoms with Crippen LogP contribution in [0, 0.1) is 6.92 Å². The number of halogens is 3. The van der Waals surface area contributed by atoms with Gasteiger partial charge in [-0.25, -0.2) is 9.97 Å². The molecule has 190 valence electrons. The molecule has 0 spiro atoms. The standard InChI is InChI=1S/C26H28F3N5O2/c1-14(17-9-18(26(27,28)29)12-19(30)10-17)31-24-20-13-23-16(11-21(20)32-15(2)33-24)5-6-22(36-23)25(35)34-7-3-4-8-34/h9-14,22H,3-8,30H2,1-2H3,(H,31,32,33). The molecule has 3 N–H and O–H groups in total. The second kappa shape index (κ2) is 9.15. The zero-order chi connectivity index (χ0) is 25.6. The zero-order valence-electron chi connectivity index (χ0n) is 20.2. The Bertz CT molecular complexity index is 1320. The van der Waals surface area contributed by atoms with E-state index in [2.05, 4.69) is 15.3 Å². The van der Waals surface area contributed by atoms with Crippen LogP contribution in [0.5, 0.6) is 5.75 Å². The Morgan fingerprint density at radius 1 is 1.17 bits per heavy atom. The summed E-state index contributed by atoms with van der Waals surface area (Å²) in [5.74, 6) is 1.63. The van der Waals surface area contributed by atoms with E-state index in [1.807, 2.05) is 17.0 Å². The van der Waals surface area contributed by atoms with Gasteiger partial charge in [-0.05, 0) is 81.0 Å². The largest absolute Gasteiger partial charge is 0.480 e. The van der Waals surface area contributed by atoms with Crippen LogP contribution in [0.3, 0.4) is 0 Å². The molecule has 2 aliphatic heterocycles. The number of alkyl halides is 3. The van der Waals surface area contributed by atoms with Crippen LogP contribution in [0.1, 0.15) is 54.7 Å². The van der Waals surface area contributed by atoms with Crippen LogP contribution in [-0.4, -0.2) is 40.0 Å². The second-order valence-corrected chi connectivity index (χ2v) is 9.53. The van der Waals surface area contributed by atoms with E-state index in [-0.39, 0.29) is 11.6 Å². The molecule has 3 heterocycles. The predicted octanol–water partition coefficient (Wildman–Crippen LogP) is 5.03. The fourth-order valence-electron chi connectivity index (χ4n) is 4.92. The molecule has 10 heteroatoms. The topological polar surface area (TPSA) is 93.4 Å². The summed E-state index contributed by atoms with van der Waals surface area (Å²) in [6.45, 7) is 5.04. The molecule has 0 aliphatic carbocycles. The number of amides is 1. The Morgan fingerprint density at radius 2 is 1.92 bits per heavy atom. The molecule has 3 aromatic rings. The van der Waals surface area contributed by atoms with Gasteiger partial charge in [-0.1, -0.05) is 0 Å². The van der Waals surface area contributed by atoms with Gasteiger partial charge in [0.25, 0.3) is 5.91 Å². The number of hydrogen-bond acceptors (Lipinski definition) is 6. The molecule has 0 bridgehead atoms. The molecule has 7 nitrogen and oxygen atoms in total. The van der Waals surface area contributed by atoms with Crippen LogP contribution in [0.4, 0.5) is 24.7 Å². The number of rotatable bonds is 4. The highest BCUT2D eigenvalue weighted by Gasteiger charge is 2.33. The van der Waals surface area contributed by atoms with Crippen molar-refractivity contribution in [1.29, 1.82) is 0 Å². The molecule has 0 saturated carbocycles. The van der Waals surface area contributed by atoms with Crippen molar-refractivity contribution >= 4 is 28.3 Å². The van der Waals surface area contributed by atoms with E-state index in [4.69, 9.17) is 10.5 Å². The molecule has 2 aliphatic rings. The number of hydrogen-bond donors (Lipinski definition) is 2. The van der Waals surface area contributed by atoms with Gasteiger partial charge in [0.2, 0.25) is 0 Å². The van der Waals surface area contributed by atoms with Crippen molar-refractivity contribution in [3.8, 4) is 5.75 Å². The molecule has 1 fully saturated rings. The van der Waals surface area contributed by atoms with E-state index in [0.29, 0.717) is 46.7 Å². The van der Waals surface area contributed by atoms with Crippen LogP contribution in [0.25, 0.3) is 10.9 Å². The zero-order valence-corrected chi connectivity index (χ0v) is 20.2. The third-order valence-corrected chi connectivity index (χ3v) is 6.79. The van der Waals surface area contributed by atoms with E-state index in [1.54, 1.807) is 13.8 Å². The molecule has 2 atom stereocenters. The molecule has 2 unspecified atom stereocenters. The number of nitrogens with zero attached hydrogens (tertiary/aromatic N) is 3. The van der Waals surface area contributed by atoms with Crippen molar-refractivity contribution in [3.05, 3.63) is 52.8 Å². The lowest BCUT2D eigenvalue weighted by Crippen LogP contribution is -2.42. The average Bonchev–Trinajstić information content (AvgIpc) is 3.36. The molecule has 1 saturated heterocycles. The monoisotopic (exact) mass is 499 g/mol. The number of carbonyl (C=O) groups excluding carboxylic acids is 1. The minimum atomic E-state index is -4.50. The maximum Gasteiger partial charge on any atom is 0.416 e. The molecule has 5 rings (SSSR count). The first-order chi connectivity index (χ1) is 17.1. The first-order valence-electron chi connectivity index (χ1n) is 12.1. The average molecular weight is 500 g/mol. The third-order valence-electron chi connectivity index (χ3n) is 6.79. The number of aromatic nitrogens is 2. The normalized spacial score (nSPS) is 18.6. The maximum absolute atomic E-state index is 13.3. The van der Waals surface area contributed by atoms with Crippen LogP contribution >= 0.6 is 0 Å². The number of nitrogen functional groups attached to an aromatic ring is 1. The molecule has 1 amide bonds. The molecule has 1 aromatic heterocycles. The number of benzene rings is 2. The lowest BCUT2D eigenvalue weighted by molar-refractivity contribution is -0.138. The summed E-state index contributed by atoms with van der Waals surface area (Å²) in [7, 11) is 0. The van der Waals surface area contributed by atoms with Gasteiger partial charge in [0.15, 0.2) is 6.10 Å². The van der Waals surface area contributed by atoms with Crippen molar-refractivity contribution in [3.63, 3.8) is 0 Å². The minimum absolute atomic E-state index is 0.0208. The van der Waals surface area contributed by atoms with E-state index in [0.717, 1.165) is 43.6 Å². The summed E-state index contributed by atoms with van der Waals surface area (Å²) < 4.78 is 46.1. The first kappa shape index (κ1) is 24.1. The van der Waals surface area contributed by atoms with E-state index in [9.17, 15) is 18.0 Å². The quantitative estimate of drug-likeness (QED) is 0.489. The van der Waals surface area contributed by atoms with Crippen molar-refractivity contribution in [2.24, 2.45) is 0 Å². The Hall–Kier alpha value is -3.56. The highest BCUT2D eigenvalue weighted by Crippen LogP contribution is 2.37. The SMILES string of the molecule is Cc1nc(NC(C)c2cc(N)cc(C(F)(F)F)c2)c2cc3c(cc2n1)CCC(C(=O)N1CCCC1)O3. The van der Waals surface area contributed by atoms with Gasteiger partial charge in [-0.15, -0.1) is 0 Å². The number of likely N-dealkylation sites (tertiary alicyclic amines) is 1. The van der Waals surface area contributed by atoms with Crippen molar-refractivity contribution in [2.75, 3.05) is 24.1 Å². The summed E-state index contributed by atoms with van der Waals surface area (Å²) in [6.07, 6.45) is -1.69. The van der Waals surface area contributed by atoms with Gasteiger partial charge in [0, 0.05) is 24.2 Å². The first-order valence-corrected chi connectivity index (χ1v) is 12.1. The lowest BCUT2D eigenvalue weighted by atomic mass is 9.99. The Kier molecular flexibility index (Phi) is 6.13. The van der Waals surface area contributed by atoms with Gasteiger partial charge >= 0.3 is 6.18 Å². The molecule has 0 radical (unpaired) electrons. The van der Waals surface area contributed by atoms with E-state index >= 15 is 0 Å². The number of nitrogens with two attached hydrogens (primary N) is 1. The number of fused-ring (bicyclic) bond motifs is 2. The molecule has 36 heavy (non-hydrogen) atoms. The van der Waals surface area contributed by atoms with Gasteiger partial charge in [-0.2, -0.15) is 13.2 Å². The predicted molar refractivity (Wildman–Crippen MR) is 131 cm³/mol. The van der Waals surface area contributed by atoms with Crippen molar-refractivity contribution < 1.29 is 22.7 Å². The van der Waals surface area contributed by atoms with Crippen molar-refractivity contribution in [1.82, 2.24) is 14.9 Å². The Balaban J connectivity index is 1.46. The van der Waals surface area contributed by atoms with Gasteiger partial charge in [0.05, 0.1) is 17.1 Å². The summed E-state index contributed by atoms with van der Waals surface area (Å²) in [5.41, 5.74) is 7.05. The third kappa shape index (κ3) is 4.76. The fraction of sp³-hybridized carbons (Fsp3) is 0.423. The highest BCUT2D eigenvalue weighted by molar-refractivity contribution is 5.91. The number of nitrogens with one attached hydrogen (secondary N) is 1. The van der Waals surface area contributed by atoms with Crippen LogP contribution in [-0.2, 0) is 17.4 Å². The molecular formula is C26H28F3N5O2. The molecular weight excluding hydrogens is 471 g/mol. The number of aryl methyl sites for hydroxylation is 2. The number of anilines is 2. The van der Waals surface area contributed by atoms with Gasteiger partial charge in [-0.3, -0.25) is 4.79 Å².